The van der Waals surface area contributed by atoms with Crippen LogP contribution >= 0.6 is 0 Å². The maximum Gasteiger partial charge on any atom is 0.323 e. The van der Waals surface area contributed by atoms with Crippen molar-refractivity contribution in [1.82, 2.24) is 4.90 Å². The van der Waals surface area contributed by atoms with Crippen molar-refractivity contribution in [2.24, 2.45) is 0 Å². The van der Waals surface area contributed by atoms with E-state index in [9.17, 15) is 9.90 Å². The van der Waals surface area contributed by atoms with Gasteiger partial charge in [-0.15, -0.1) is 0 Å². The number of aryl methyl sites for hydroxylation is 1. The van der Waals surface area contributed by atoms with Crippen LogP contribution in [0.25, 0.3) is 0 Å². The van der Waals surface area contributed by atoms with E-state index in [0.29, 0.717) is 6.42 Å². The Labute approximate surface area is 101 Å². The van der Waals surface area contributed by atoms with Crippen LogP contribution in [-0.4, -0.2) is 28.1 Å². The first-order valence-corrected chi connectivity index (χ1v) is 6.01. The number of hydrogen-bond acceptors (Lipinski definition) is 3. The molecule has 2 rings (SSSR count). The summed E-state index contributed by atoms with van der Waals surface area (Å²) in [6.07, 6.45) is 1.62. The molecule has 1 aromatic rings. The van der Waals surface area contributed by atoms with Gasteiger partial charge >= 0.3 is 5.97 Å². The molecule has 4 heteroatoms. The smallest absolute Gasteiger partial charge is 0.323 e. The van der Waals surface area contributed by atoms with Crippen molar-refractivity contribution in [3.8, 4) is 0 Å². The normalized spacial score (nSPS) is 27.2. The number of hydrogen-bond donors (Lipinski definition) is 1. The number of carboxylic acid groups (broad SMARTS) is 1. The summed E-state index contributed by atoms with van der Waals surface area (Å²) in [6.45, 7) is 6.51. The van der Waals surface area contributed by atoms with E-state index in [1.807, 2.05) is 30.9 Å². The van der Waals surface area contributed by atoms with E-state index >= 15 is 0 Å². The summed E-state index contributed by atoms with van der Waals surface area (Å²) in [6, 6.07) is 3.85. The molecule has 0 radical (unpaired) electrons. The molecule has 0 aliphatic carbocycles. The molecule has 0 saturated carbocycles. The second kappa shape index (κ2) is 4.18. The lowest BCUT2D eigenvalue weighted by molar-refractivity contribution is -0.150. The first kappa shape index (κ1) is 12.2. The van der Waals surface area contributed by atoms with E-state index in [1.54, 1.807) is 6.92 Å². The van der Waals surface area contributed by atoms with E-state index in [2.05, 4.69) is 0 Å². The zero-order valence-corrected chi connectivity index (χ0v) is 10.6. The Hall–Kier alpha value is -1.29. The minimum atomic E-state index is -0.764. The average Bonchev–Trinajstić information content (AvgIpc) is 2.85. The van der Waals surface area contributed by atoms with Crippen LogP contribution in [0, 0.1) is 6.92 Å². The molecule has 4 nitrogen and oxygen atoms in total. The first-order valence-electron chi connectivity index (χ1n) is 6.01. The number of carboxylic acids is 1. The fourth-order valence-corrected chi connectivity index (χ4v) is 2.67. The van der Waals surface area contributed by atoms with Gasteiger partial charge in [0.25, 0.3) is 0 Å². The minimum Gasteiger partial charge on any atom is -0.480 e. The summed E-state index contributed by atoms with van der Waals surface area (Å²) >= 11 is 0. The molecule has 0 amide bonds. The predicted molar refractivity (Wildman–Crippen MR) is 63.8 cm³/mol. The van der Waals surface area contributed by atoms with E-state index < -0.39 is 11.5 Å². The number of carbonyl (C=O) groups is 1. The molecule has 17 heavy (non-hydrogen) atoms. The Morgan fingerprint density at radius 2 is 2.29 bits per heavy atom. The molecule has 0 aromatic carbocycles. The van der Waals surface area contributed by atoms with E-state index in [-0.39, 0.29) is 6.04 Å². The molecule has 2 atom stereocenters. The van der Waals surface area contributed by atoms with Crippen LogP contribution < -0.4 is 0 Å². The highest BCUT2D eigenvalue weighted by atomic mass is 16.4. The van der Waals surface area contributed by atoms with Gasteiger partial charge in [-0.1, -0.05) is 0 Å². The topological polar surface area (TPSA) is 53.7 Å². The molecule has 1 aliphatic heterocycles. The maximum atomic E-state index is 11.4. The van der Waals surface area contributed by atoms with Crippen LogP contribution in [-0.2, 0) is 4.79 Å². The van der Waals surface area contributed by atoms with Crippen LogP contribution in [0.4, 0.5) is 0 Å². The third kappa shape index (κ3) is 1.97. The van der Waals surface area contributed by atoms with Crippen molar-refractivity contribution in [1.29, 1.82) is 0 Å². The van der Waals surface area contributed by atoms with E-state index in [1.165, 1.54) is 0 Å². The molecule has 2 unspecified atom stereocenters. The van der Waals surface area contributed by atoms with Gasteiger partial charge in [0.2, 0.25) is 0 Å². The number of rotatable bonds is 3. The van der Waals surface area contributed by atoms with Crippen LogP contribution in [0.2, 0.25) is 0 Å². The lowest BCUT2D eigenvalue weighted by Gasteiger charge is -2.35. The van der Waals surface area contributed by atoms with Crippen LogP contribution in [0.15, 0.2) is 16.5 Å². The van der Waals surface area contributed by atoms with Crippen molar-refractivity contribution in [2.75, 3.05) is 6.54 Å². The van der Waals surface area contributed by atoms with Gasteiger partial charge in [0.1, 0.15) is 17.1 Å². The van der Waals surface area contributed by atoms with Crippen LogP contribution in [0.5, 0.6) is 0 Å². The van der Waals surface area contributed by atoms with Gasteiger partial charge in [0.15, 0.2) is 0 Å². The molecule has 2 heterocycles. The highest BCUT2D eigenvalue weighted by molar-refractivity contribution is 5.78. The van der Waals surface area contributed by atoms with Crippen molar-refractivity contribution < 1.29 is 14.3 Å². The second-order valence-electron chi connectivity index (χ2n) is 5.00. The SMILES string of the molecule is Cc1ccc(C(C)N2CCCC2(C)C(=O)O)o1. The summed E-state index contributed by atoms with van der Waals surface area (Å²) in [4.78, 5) is 13.4. The standard InChI is InChI=1S/C13H19NO3/c1-9-5-6-11(17-9)10(2)14-8-4-7-13(14,3)12(15)16/h5-6,10H,4,7-8H2,1-3H3,(H,15,16). The van der Waals surface area contributed by atoms with Crippen LogP contribution in [0.1, 0.15) is 44.3 Å². The fraction of sp³-hybridized carbons (Fsp3) is 0.615. The zero-order valence-electron chi connectivity index (χ0n) is 10.6. The lowest BCUT2D eigenvalue weighted by atomic mass is 9.97. The monoisotopic (exact) mass is 237 g/mol. The minimum absolute atomic E-state index is 0.00676. The van der Waals surface area contributed by atoms with Crippen molar-refractivity contribution in [2.45, 2.75) is 45.2 Å². The third-order valence-electron chi connectivity index (χ3n) is 3.80. The Balaban J connectivity index is 2.25. The third-order valence-corrected chi connectivity index (χ3v) is 3.80. The molecule has 0 spiro atoms. The molecule has 1 saturated heterocycles. The average molecular weight is 237 g/mol. The highest BCUT2D eigenvalue weighted by Gasteiger charge is 2.46. The van der Waals surface area contributed by atoms with Gasteiger partial charge in [-0.05, 0) is 45.7 Å². The van der Waals surface area contributed by atoms with Gasteiger partial charge in [-0.2, -0.15) is 0 Å². The second-order valence-corrected chi connectivity index (χ2v) is 5.00. The Bertz CT molecular complexity index is 426. The number of likely N-dealkylation sites (tertiary alicyclic amines) is 1. The first-order chi connectivity index (χ1) is 7.95. The largest absolute Gasteiger partial charge is 0.480 e. The quantitative estimate of drug-likeness (QED) is 0.878. The highest BCUT2D eigenvalue weighted by Crippen LogP contribution is 2.37. The van der Waals surface area contributed by atoms with Gasteiger partial charge in [0, 0.05) is 6.54 Å². The maximum absolute atomic E-state index is 11.4. The summed E-state index contributed by atoms with van der Waals surface area (Å²) in [7, 11) is 0. The Morgan fingerprint density at radius 1 is 1.59 bits per heavy atom. The van der Waals surface area contributed by atoms with Gasteiger partial charge < -0.3 is 9.52 Å². The summed E-state index contributed by atoms with van der Waals surface area (Å²) in [5.74, 6) is 0.963. The van der Waals surface area contributed by atoms with Gasteiger partial charge in [-0.3, -0.25) is 9.69 Å². The molecule has 1 N–H and O–H groups in total. The summed E-state index contributed by atoms with van der Waals surface area (Å²) < 4.78 is 5.60. The summed E-state index contributed by atoms with van der Waals surface area (Å²) in [5.41, 5.74) is -0.764. The molecular formula is C13H19NO3. The number of aliphatic carboxylic acids is 1. The molecule has 1 aromatic heterocycles. The van der Waals surface area contributed by atoms with Gasteiger partial charge in [0.05, 0.1) is 6.04 Å². The summed E-state index contributed by atoms with van der Waals surface area (Å²) in [5, 5.41) is 9.37. The van der Waals surface area contributed by atoms with Crippen molar-refractivity contribution in [3.05, 3.63) is 23.7 Å². The zero-order chi connectivity index (χ0) is 12.6. The number of furan rings is 1. The van der Waals surface area contributed by atoms with E-state index in [0.717, 1.165) is 24.5 Å². The Morgan fingerprint density at radius 3 is 2.82 bits per heavy atom. The predicted octanol–water partition coefficient (Wildman–Crippen LogP) is 2.59. The molecular weight excluding hydrogens is 218 g/mol. The Kier molecular flexibility index (Phi) is 3.00. The fourth-order valence-electron chi connectivity index (χ4n) is 2.67. The van der Waals surface area contributed by atoms with Crippen LogP contribution in [0.3, 0.4) is 0 Å². The van der Waals surface area contributed by atoms with E-state index in [4.69, 9.17) is 4.42 Å². The van der Waals surface area contributed by atoms with Crippen molar-refractivity contribution in [3.63, 3.8) is 0 Å². The molecule has 94 valence electrons. The molecule has 1 fully saturated rings. The molecule has 0 bridgehead atoms. The van der Waals surface area contributed by atoms with Crippen molar-refractivity contribution >= 4 is 5.97 Å². The molecule has 1 aliphatic rings. The number of nitrogens with zero attached hydrogens (tertiary/aromatic N) is 1. The lowest BCUT2D eigenvalue weighted by Crippen LogP contribution is -2.48. The van der Waals surface area contributed by atoms with Gasteiger partial charge in [-0.25, -0.2) is 0 Å².